The van der Waals surface area contributed by atoms with Crippen molar-refractivity contribution in [1.82, 2.24) is 0 Å². The topological polar surface area (TPSA) is 80.0 Å². The number of ether oxygens (including phenoxy) is 4. The van der Waals surface area contributed by atoms with Crippen LogP contribution >= 0.6 is 11.8 Å². The lowest BCUT2D eigenvalue weighted by atomic mass is 10.2. The van der Waals surface area contributed by atoms with E-state index in [2.05, 4.69) is 4.74 Å². The number of nitrogens with two attached hydrogens (primary N) is 1. The highest BCUT2D eigenvalue weighted by Crippen LogP contribution is 2.18. The van der Waals surface area contributed by atoms with Gasteiger partial charge >= 0.3 is 5.97 Å². The summed E-state index contributed by atoms with van der Waals surface area (Å²) in [7, 11) is 1.33. The van der Waals surface area contributed by atoms with E-state index < -0.39 is 18.7 Å². The van der Waals surface area contributed by atoms with E-state index in [0.717, 1.165) is 17.1 Å². The summed E-state index contributed by atoms with van der Waals surface area (Å²) < 4.78 is 32.3. The van der Waals surface area contributed by atoms with Gasteiger partial charge in [0.1, 0.15) is 25.1 Å². The van der Waals surface area contributed by atoms with Gasteiger partial charge in [-0.3, -0.25) is 4.79 Å². The zero-order chi connectivity index (χ0) is 18.3. The van der Waals surface area contributed by atoms with Crippen LogP contribution in [-0.2, 0) is 24.8 Å². The second-order valence-corrected chi connectivity index (χ2v) is 6.08. The van der Waals surface area contributed by atoms with Crippen LogP contribution in [0.5, 0.6) is 5.75 Å². The molecule has 25 heavy (non-hydrogen) atoms. The number of thioether (sulfide) groups is 1. The molecular formula is C17H26FNO5S. The quantitative estimate of drug-likeness (QED) is 0.392. The Balaban J connectivity index is 2.18. The number of alkyl halides is 1. The predicted molar refractivity (Wildman–Crippen MR) is 95.7 cm³/mol. The fourth-order valence-corrected chi connectivity index (χ4v) is 2.77. The van der Waals surface area contributed by atoms with Crippen LogP contribution < -0.4 is 10.5 Å². The molecule has 6 nitrogen and oxygen atoms in total. The molecule has 142 valence electrons. The van der Waals surface area contributed by atoms with E-state index >= 15 is 0 Å². The van der Waals surface area contributed by atoms with E-state index in [4.69, 9.17) is 19.9 Å². The van der Waals surface area contributed by atoms with Crippen LogP contribution in [-0.4, -0.2) is 64.6 Å². The fraction of sp³-hybridized carbons (Fsp3) is 0.588. The Kier molecular flexibility index (Phi) is 12.0. The highest BCUT2D eigenvalue weighted by Gasteiger charge is 2.13. The second kappa shape index (κ2) is 13.9. The zero-order valence-electron chi connectivity index (χ0n) is 14.4. The van der Waals surface area contributed by atoms with Crippen LogP contribution in [0.15, 0.2) is 24.3 Å². The first kappa shape index (κ1) is 21.7. The van der Waals surface area contributed by atoms with Gasteiger partial charge in [-0.15, -0.1) is 0 Å². The lowest BCUT2D eigenvalue weighted by Gasteiger charge is -2.10. The normalized spacial score (nSPS) is 12.0. The minimum Gasteiger partial charge on any atom is -0.491 e. The van der Waals surface area contributed by atoms with Gasteiger partial charge in [0.2, 0.25) is 0 Å². The van der Waals surface area contributed by atoms with Gasteiger partial charge in [0.25, 0.3) is 0 Å². The molecule has 0 saturated carbocycles. The number of hydrogen-bond donors (Lipinski definition) is 1. The van der Waals surface area contributed by atoms with Crippen molar-refractivity contribution in [3.05, 3.63) is 29.8 Å². The van der Waals surface area contributed by atoms with Crippen LogP contribution in [0.25, 0.3) is 0 Å². The van der Waals surface area contributed by atoms with Crippen molar-refractivity contribution in [1.29, 1.82) is 0 Å². The maximum atomic E-state index is 11.8. The minimum absolute atomic E-state index is 0.106. The van der Waals surface area contributed by atoms with Gasteiger partial charge in [-0.05, 0) is 17.7 Å². The van der Waals surface area contributed by atoms with Gasteiger partial charge in [-0.1, -0.05) is 12.1 Å². The van der Waals surface area contributed by atoms with Crippen LogP contribution in [0.4, 0.5) is 4.39 Å². The number of methoxy groups -OCH3 is 1. The summed E-state index contributed by atoms with van der Waals surface area (Å²) in [5.74, 6) is 1.58. The molecule has 0 fully saturated rings. The number of hydrogen-bond acceptors (Lipinski definition) is 7. The number of halogens is 1. The summed E-state index contributed by atoms with van der Waals surface area (Å²) in [4.78, 5) is 11.2. The van der Waals surface area contributed by atoms with Gasteiger partial charge in [0.05, 0.1) is 33.5 Å². The Hall–Kier alpha value is -1.35. The molecule has 1 aromatic carbocycles. The van der Waals surface area contributed by atoms with E-state index in [0.29, 0.717) is 32.2 Å². The number of carbonyl (C=O) groups is 1. The van der Waals surface area contributed by atoms with Crippen LogP contribution in [0.1, 0.15) is 5.56 Å². The summed E-state index contributed by atoms with van der Waals surface area (Å²) >= 11 is 1.56. The average molecular weight is 375 g/mol. The SMILES string of the molecule is COC(=O)[C@@H](N)CSCc1cccc(OCCOCCOCCF)c1. The zero-order valence-corrected chi connectivity index (χ0v) is 15.3. The standard InChI is InChI=1S/C17H26FNO5S/c1-21-17(20)16(19)13-25-12-14-3-2-4-15(11-14)24-10-9-23-8-7-22-6-5-18/h2-4,11,16H,5-10,12-13,19H2,1H3/t16-/m0/s1. The van der Waals surface area contributed by atoms with E-state index in [1.54, 1.807) is 11.8 Å². The fourth-order valence-electron chi connectivity index (χ4n) is 1.84. The van der Waals surface area contributed by atoms with E-state index in [-0.39, 0.29) is 6.61 Å². The Labute approximate surface area is 152 Å². The molecule has 0 radical (unpaired) electrons. The van der Waals surface area contributed by atoms with Crippen molar-refractivity contribution < 1.29 is 28.1 Å². The Bertz CT molecular complexity index is 492. The van der Waals surface area contributed by atoms with Gasteiger partial charge in [-0.2, -0.15) is 11.8 Å². The lowest BCUT2D eigenvalue weighted by Crippen LogP contribution is -2.33. The molecule has 0 aliphatic carbocycles. The van der Waals surface area contributed by atoms with Gasteiger partial charge in [-0.25, -0.2) is 4.39 Å². The van der Waals surface area contributed by atoms with Crippen molar-refractivity contribution in [2.45, 2.75) is 11.8 Å². The van der Waals surface area contributed by atoms with Gasteiger partial charge < -0.3 is 24.7 Å². The third-order valence-corrected chi connectivity index (χ3v) is 4.19. The molecule has 0 spiro atoms. The smallest absolute Gasteiger partial charge is 0.323 e. The number of benzene rings is 1. The third kappa shape index (κ3) is 10.3. The number of carbonyl (C=O) groups excluding carboxylic acids is 1. The maximum Gasteiger partial charge on any atom is 0.323 e. The molecule has 0 bridgehead atoms. The molecule has 2 N–H and O–H groups in total. The molecule has 0 heterocycles. The average Bonchev–Trinajstić information content (AvgIpc) is 2.63. The van der Waals surface area contributed by atoms with Crippen molar-refractivity contribution in [2.24, 2.45) is 5.73 Å². The van der Waals surface area contributed by atoms with Crippen molar-refractivity contribution in [3.8, 4) is 5.75 Å². The van der Waals surface area contributed by atoms with E-state index in [9.17, 15) is 9.18 Å². The van der Waals surface area contributed by atoms with Gasteiger partial charge in [0, 0.05) is 11.5 Å². The first-order valence-corrected chi connectivity index (χ1v) is 9.17. The third-order valence-electron chi connectivity index (χ3n) is 3.06. The molecule has 0 unspecified atom stereocenters. The molecule has 1 atom stereocenters. The predicted octanol–water partition coefficient (Wildman–Crippen LogP) is 1.80. The van der Waals surface area contributed by atoms with E-state index in [1.807, 2.05) is 24.3 Å². The number of esters is 1. The van der Waals surface area contributed by atoms with E-state index in [1.165, 1.54) is 7.11 Å². The molecule has 0 aliphatic rings. The van der Waals surface area contributed by atoms with Gasteiger partial charge in [0.15, 0.2) is 0 Å². The van der Waals surface area contributed by atoms with Crippen molar-refractivity contribution in [2.75, 3.05) is 52.6 Å². The number of rotatable bonds is 14. The second-order valence-electron chi connectivity index (χ2n) is 5.05. The molecule has 8 heteroatoms. The molecule has 1 aromatic rings. The first-order valence-electron chi connectivity index (χ1n) is 8.01. The minimum atomic E-state index is -0.611. The summed E-state index contributed by atoms with van der Waals surface area (Å²) in [6, 6.07) is 7.11. The molecule has 0 amide bonds. The van der Waals surface area contributed by atoms with Crippen LogP contribution in [0.2, 0.25) is 0 Å². The largest absolute Gasteiger partial charge is 0.491 e. The first-order chi connectivity index (χ1) is 12.2. The summed E-state index contributed by atoms with van der Waals surface area (Å²) in [6.45, 7) is 1.28. The Morgan fingerprint density at radius 3 is 2.64 bits per heavy atom. The van der Waals surface area contributed by atoms with Crippen molar-refractivity contribution in [3.63, 3.8) is 0 Å². The molecule has 0 saturated heterocycles. The maximum absolute atomic E-state index is 11.8. The Morgan fingerprint density at radius 1 is 1.20 bits per heavy atom. The van der Waals surface area contributed by atoms with Crippen molar-refractivity contribution >= 4 is 17.7 Å². The lowest BCUT2D eigenvalue weighted by molar-refractivity contribution is -0.141. The summed E-state index contributed by atoms with van der Waals surface area (Å²) in [6.07, 6.45) is 0. The molecule has 0 aliphatic heterocycles. The van der Waals surface area contributed by atoms with Crippen LogP contribution in [0, 0.1) is 0 Å². The highest BCUT2D eigenvalue weighted by atomic mass is 32.2. The molecule has 1 rings (SSSR count). The highest BCUT2D eigenvalue weighted by molar-refractivity contribution is 7.98. The summed E-state index contributed by atoms with van der Waals surface area (Å²) in [5.41, 5.74) is 6.78. The summed E-state index contributed by atoms with van der Waals surface area (Å²) in [5, 5.41) is 0. The molecule has 0 aromatic heterocycles. The molecular weight excluding hydrogens is 349 g/mol. The van der Waals surface area contributed by atoms with Crippen LogP contribution in [0.3, 0.4) is 0 Å². The monoisotopic (exact) mass is 375 g/mol. The Morgan fingerprint density at radius 2 is 1.92 bits per heavy atom.